The van der Waals surface area contributed by atoms with Crippen molar-refractivity contribution >= 4 is 23.1 Å². The van der Waals surface area contributed by atoms with Crippen molar-refractivity contribution in [2.24, 2.45) is 0 Å². The number of hydrogen-bond acceptors (Lipinski definition) is 6. The minimum Gasteiger partial charge on any atom is -0.508 e. The summed E-state index contributed by atoms with van der Waals surface area (Å²) in [7, 11) is 1.24. The Morgan fingerprint density at radius 2 is 1.89 bits per heavy atom. The van der Waals surface area contributed by atoms with Crippen LogP contribution in [0.4, 0.5) is 0 Å². The standard InChI is InChI=1S/C13H11NO4S/c1-7(15)11-10(13(17)18-2)14-12(19-11)8-3-5-9(16)6-4-8/h3-6,16H,1-2H3. The normalized spacial score (nSPS) is 10.2. The van der Waals surface area contributed by atoms with E-state index in [1.165, 1.54) is 26.2 Å². The SMILES string of the molecule is COC(=O)c1nc(-c2ccc(O)cc2)sc1C(C)=O. The number of rotatable bonds is 3. The maximum absolute atomic E-state index is 11.6. The van der Waals surface area contributed by atoms with Crippen LogP contribution in [0.3, 0.4) is 0 Å². The third-order valence-corrected chi connectivity index (χ3v) is 3.65. The van der Waals surface area contributed by atoms with Gasteiger partial charge in [0.2, 0.25) is 0 Å². The van der Waals surface area contributed by atoms with E-state index < -0.39 is 5.97 Å². The van der Waals surface area contributed by atoms with Crippen LogP contribution < -0.4 is 0 Å². The fourth-order valence-corrected chi connectivity index (χ4v) is 2.47. The number of carbonyl (C=O) groups excluding carboxylic acids is 2. The largest absolute Gasteiger partial charge is 0.508 e. The van der Waals surface area contributed by atoms with Gasteiger partial charge in [-0.05, 0) is 24.3 Å². The second-order valence-electron chi connectivity index (χ2n) is 3.79. The lowest BCUT2D eigenvalue weighted by molar-refractivity contribution is 0.0591. The molecule has 0 unspecified atom stereocenters. The molecule has 0 fully saturated rings. The van der Waals surface area contributed by atoms with Gasteiger partial charge in [0, 0.05) is 12.5 Å². The van der Waals surface area contributed by atoms with Crippen LogP contribution in [0, 0.1) is 0 Å². The maximum atomic E-state index is 11.6. The summed E-state index contributed by atoms with van der Waals surface area (Å²) in [5.41, 5.74) is 0.753. The minimum absolute atomic E-state index is 0.0306. The van der Waals surface area contributed by atoms with Crippen molar-refractivity contribution in [3.63, 3.8) is 0 Å². The Bertz CT molecular complexity index is 631. The lowest BCUT2D eigenvalue weighted by Crippen LogP contribution is -2.06. The van der Waals surface area contributed by atoms with E-state index in [1.807, 2.05) is 0 Å². The summed E-state index contributed by atoms with van der Waals surface area (Å²) in [6, 6.07) is 6.36. The van der Waals surface area contributed by atoms with Gasteiger partial charge in [0.25, 0.3) is 0 Å². The van der Waals surface area contributed by atoms with E-state index in [0.717, 1.165) is 16.9 Å². The van der Waals surface area contributed by atoms with Gasteiger partial charge in [0.05, 0.1) is 7.11 Å². The number of carbonyl (C=O) groups is 2. The Morgan fingerprint density at radius 3 is 2.42 bits per heavy atom. The molecule has 98 valence electrons. The highest BCUT2D eigenvalue weighted by Crippen LogP contribution is 2.29. The molecule has 0 aliphatic carbocycles. The van der Waals surface area contributed by atoms with E-state index >= 15 is 0 Å². The number of aromatic nitrogens is 1. The molecule has 1 heterocycles. The summed E-state index contributed by atoms with van der Waals surface area (Å²) >= 11 is 1.13. The van der Waals surface area contributed by atoms with Crippen molar-refractivity contribution in [1.82, 2.24) is 4.98 Å². The van der Waals surface area contributed by atoms with E-state index in [2.05, 4.69) is 9.72 Å². The van der Waals surface area contributed by atoms with Gasteiger partial charge >= 0.3 is 5.97 Å². The second kappa shape index (κ2) is 5.19. The van der Waals surface area contributed by atoms with Crippen molar-refractivity contribution in [2.75, 3.05) is 7.11 Å². The molecule has 1 aromatic carbocycles. The van der Waals surface area contributed by atoms with Crippen molar-refractivity contribution in [3.8, 4) is 16.3 Å². The highest BCUT2D eigenvalue weighted by molar-refractivity contribution is 7.17. The Kier molecular flexibility index (Phi) is 3.62. The molecule has 0 saturated heterocycles. The van der Waals surface area contributed by atoms with Crippen LogP contribution >= 0.6 is 11.3 Å². The predicted octanol–water partition coefficient (Wildman–Crippen LogP) is 2.50. The summed E-state index contributed by atoms with van der Waals surface area (Å²) < 4.78 is 4.61. The highest BCUT2D eigenvalue weighted by Gasteiger charge is 2.22. The molecule has 5 nitrogen and oxygen atoms in total. The molecule has 0 aliphatic rings. The summed E-state index contributed by atoms with van der Waals surface area (Å²) in [6.07, 6.45) is 0. The number of nitrogens with zero attached hydrogens (tertiary/aromatic N) is 1. The van der Waals surface area contributed by atoms with Gasteiger partial charge < -0.3 is 9.84 Å². The first-order valence-corrected chi connectivity index (χ1v) is 6.24. The first-order chi connectivity index (χ1) is 9.02. The number of thiazole rings is 1. The number of methoxy groups -OCH3 is 1. The fourth-order valence-electron chi connectivity index (χ4n) is 1.52. The number of ether oxygens (including phenoxy) is 1. The third kappa shape index (κ3) is 2.63. The fraction of sp³-hybridized carbons (Fsp3) is 0.154. The molecule has 0 atom stereocenters. The molecule has 1 N–H and O–H groups in total. The number of hydrogen-bond donors (Lipinski definition) is 1. The number of phenols is 1. The van der Waals surface area contributed by atoms with Gasteiger partial charge in [0.1, 0.15) is 15.6 Å². The van der Waals surface area contributed by atoms with Crippen molar-refractivity contribution in [2.45, 2.75) is 6.92 Å². The topological polar surface area (TPSA) is 76.5 Å². The van der Waals surface area contributed by atoms with E-state index in [4.69, 9.17) is 0 Å². The molecule has 0 radical (unpaired) electrons. The van der Waals surface area contributed by atoms with Gasteiger partial charge in [-0.2, -0.15) is 0 Å². The monoisotopic (exact) mass is 277 g/mol. The van der Waals surface area contributed by atoms with Crippen LogP contribution in [0.2, 0.25) is 0 Å². The Balaban J connectivity index is 2.51. The zero-order valence-electron chi connectivity index (χ0n) is 10.3. The Hall–Kier alpha value is -2.21. The summed E-state index contributed by atoms with van der Waals surface area (Å²) in [5, 5.41) is 9.77. The zero-order valence-corrected chi connectivity index (χ0v) is 11.2. The molecule has 6 heteroatoms. The molecule has 0 aliphatic heterocycles. The molecule has 2 rings (SSSR count). The summed E-state index contributed by atoms with van der Waals surface area (Å²) in [5.74, 6) is -0.727. The van der Waals surface area contributed by atoms with Crippen molar-refractivity contribution < 1.29 is 19.4 Å². The van der Waals surface area contributed by atoms with E-state index in [-0.39, 0.29) is 22.1 Å². The highest BCUT2D eigenvalue weighted by atomic mass is 32.1. The number of Topliss-reactive ketones (excluding diaryl/α,β-unsaturated/α-hetero) is 1. The minimum atomic E-state index is -0.633. The summed E-state index contributed by atoms with van der Waals surface area (Å²) in [4.78, 5) is 27.5. The number of aromatic hydroxyl groups is 1. The van der Waals surface area contributed by atoms with Gasteiger partial charge in [-0.3, -0.25) is 4.79 Å². The molecule has 1 aromatic heterocycles. The van der Waals surface area contributed by atoms with Crippen molar-refractivity contribution in [3.05, 3.63) is 34.8 Å². The van der Waals surface area contributed by atoms with Crippen LogP contribution in [0.1, 0.15) is 27.1 Å². The molecule has 0 spiro atoms. The van der Waals surface area contributed by atoms with Gasteiger partial charge in [-0.15, -0.1) is 11.3 Å². The molecule has 2 aromatic rings. The van der Waals surface area contributed by atoms with Crippen LogP contribution in [0.15, 0.2) is 24.3 Å². The Labute approximate surface area is 113 Å². The number of ketones is 1. The van der Waals surface area contributed by atoms with Crippen LogP contribution in [-0.4, -0.2) is 29.0 Å². The van der Waals surface area contributed by atoms with E-state index in [1.54, 1.807) is 12.1 Å². The lowest BCUT2D eigenvalue weighted by atomic mass is 10.2. The van der Waals surface area contributed by atoms with Gasteiger partial charge in [0.15, 0.2) is 11.5 Å². The van der Waals surface area contributed by atoms with E-state index in [9.17, 15) is 14.7 Å². The Morgan fingerprint density at radius 1 is 1.26 bits per heavy atom. The predicted molar refractivity (Wildman–Crippen MR) is 70.6 cm³/mol. The smallest absolute Gasteiger partial charge is 0.358 e. The average molecular weight is 277 g/mol. The average Bonchev–Trinajstić information content (AvgIpc) is 2.84. The maximum Gasteiger partial charge on any atom is 0.358 e. The van der Waals surface area contributed by atoms with Gasteiger partial charge in [-0.25, -0.2) is 9.78 Å². The third-order valence-electron chi connectivity index (χ3n) is 2.44. The lowest BCUT2D eigenvalue weighted by Gasteiger charge is -1.96. The molecule has 0 amide bonds. The van der Waals surface area contributed by atoms with Crippen LogP contribution in [0.25, 0.3) is 10.6 Å². The molecule has 0 saturated carbocycles. The van der Waals surface area contributed by atoms with Crippen LogP contribution in [-0.2, 0) is 4.74 Å². The summed E-state index contributed by atoms with van der Waals surface area (Å²) in [6.45, 7) is 1.38. The first kappa shape index (κ1) is 13.2. The van der Waals surface area contributed by atoms with Gasteiger partial charge in [-0.1, -0.05) is 0 Å². The first-order valence-electron chi connectivity index (χ1n) is 5.42. The zero-order chi connectivity index (χ0) is 14.0. The molecule has 19 heavy (non-hydrogen) atoms. The van der Waals surface area contributed by atoms with E-state index in [0.29, 0.717) is 5.01 Å². The number of benzene rings is 1. The number of phenolic OH excluding ortho intramolecular Hbond substituents is 1. The molecular formula is C13H11NO4S. The van der Waals surface area contributed by atoms with Crippen LogP contribution in [0.5, 0.6) is 5.75 Å². The molecule has 0 bridgehead atoms. The second-order valence-corrected chi connectivity index (χ2v) is 4.79. The van der Waals surface area contributed by atoms with Crippen molar-refractivity contribution in [1.29, 1.82) is 0 Å². The quantitative estimate of drug-likeness (QED) is 0.689. The number of esters is 1. The molecular weight excluding hydrogens is 266 g/mol.